The van der Waals surface area contributed by atoms with Crippen molar-refractivity contribution < 1.29 is 31.5 Å². The quantitative estimate of drug-likeness (QED) is 0.440. The van der Waals surface area contributed by atoms with Gasteiger partial charge in [-0.25, -0.2) is 9.97 Å². The topological polar surface area (TPSA) is 112 Å². The number of hydrogen-bond donors (Lipinski definition) is 2. The van der Waals surface area contributed by atoms with Crippen LogP contribution in [-0.2, 0) is 21.0 Å². The van der Waals surface area contributed by atoms with Crippen molar-refractivity contribution in [3.8, 4) is 11.3 Å². The Bertz CT molecular complexity index is 1410. The average molecular weight is 535 g/mol. The van der Waals surface area contributed by atoms with E-state index >= 15 is 0 Å². The van der Waals surface area contributed by atoms with Crippen LogP contribution < -0.4 is 9.62 Å². The summed E-state index contributed by atoms with van der Waals surface area (Å²) in [5, 5.41) is 8.76. The molecule has 0 bridgehead atoms. The summed E-state index contributed by atoms with van der Waals surface area (Å²) >= 11 is 0. The molecule has 2 aromatic heterocycles. The van der Waals surface area contributed by atoms with E-state index in [0.29, 0.717) is 24.5 Å². The average Bonchev–Trinajstić information content (AvgIpc) is 2.83. The van der Waals surface area contributed by atoms with Crippen LogP contribution in [0.5, 0.6) is 0 Å². The highest BCUT2D eigenvalue weighted by molar-refractivity contribution is 7.92. The Hall–Kier alpha value is -3.67. The minimum atomic E-state index is -4.69. The number of carbonyl (C=O) groups is 1. The monoisotopic (exact) mass is 534 g/mol. The minimum Gasteiger partial charge on any atom is -0.481 e. The lowest BCUT2D eigenvalue weighted by Gasteiger charge is -2.33. The second kappa shape index (κ2) is 10.4. The molecule has 0 saturated carbocycles. The third-order valence-electron chi connectivity index (χ3n) is 6.13. The van der Waals surface area contributed by atoms with Gasteiger partial charge in [0.15, 0.2) is 5.03 Å². The molecule has 196 valence electrons. The van der Waals surface area contributed by atoms with Crippen LogP contribution in [0.1, 0.15) is 30.4 Å². The molecule has 1 fully saturated rings. The largest absolute Gasteiger partial charge is 0.481 e. The summed E-state index contributed by atoms with van der Waals surface area (Å²) in [5.74, 6) is -0.881. The zero-order valence-electron chi connectivity index (χ0n) is 19.9. The number of piperidine rings is 1. The molecule has 1 aromatic carbocycles. The van der Waals surface area contributed by atoms with E-state index in [1.54, 1.807) is 31.2 Å². The number of carboxylic acids is 1. The first kappa shape index (κ1) is 26.4. The van der Waals surface area contributed by atoms with Crippen LogP contribution in [0.15, 0.2) is 59.6 Å². The zero-order chi connectivity index (χ0) is 26.8. The molecule has 1 aliphatic rings. The summed E-state index contributed by atoms with van der Waals surface area (Å²) in [6, 6.07) is 12.6. The van der Waals surface area contributed by atoms with E-state index in [9.17, 15) is 26.4 Å². The van der Waals surface area contributed by atoms with Gasteiger partial charge in [0, 0.05) is 25.1 Å². The Morgan fingerprint density at radius 3 is 2.57 bits per heavy atom. The molecule has 1 atom stereocenters. The normalized spacial score (nSPS) is 16.4. The van der Waals surface area contributed by atoms with E-state index in [0.717, 1.165) is 25.0 Å². The van der Waals surface area contributed by atoms with Crippen LogP contribution >= 0.6 is 0 Å². The third-order valence-corrected chi connectivity index (χ3v) is 7.39. The van der Waals surface area contributed by atoms with E-state index in [-0.39, 0.29) is 34.4 Å². The number of nitrogens with one attached hydrogen (secondary N) is 1. The molecule has 4 rings (SSSR count). The molecule has 0 spiro atoms. The maximum atomic E-state index is 13.7. The molecule has 8 nitrogen and oxygen atoms in total. The van der Waals surface area contributed by atoms with E-state index in [1.165, 1.54) is 18.2 Å². The van der Waals surface area contributed by atoms with Crippen molar-refractivity contribution in [1.82, 2.24) is 9.97 Å². The smallest absolute Gasteiger partial charge is 0.418 e. The second-order valence-corrected chi connectivity index (χ2v) is 10.5. The number of anilines is 2. The van der Waals surface area contributed by atoms with Crippen LogP contribution in [0.25, 0.3) is 11.3 Å². The molecule has 3 aromatic rings. The number of pyridine rings is 2. The maximum absolute atomic E-state index is 13.7. The highest BCUT2D eigenvalue weighted by Gasteiger charge is 2.35. The zero-order valence-corrected chi connectivity index (χ0v) is 20.7. The number of sulfonamides is 1. The number of nitrogens with zero attached hydrogens (tertiary/aromatic N) is 3. The number of aryl methyl sites for hydroxylation is 1. The lowest BCUT2D eigenvalue weighted by molar-refractivity contribution is -0.138. The lowest BCUT2D eigenvalue weighted by atomic mass is 9.95. The summed E-state index contributed by atoms with van der Waals surface area (Å²) < 4.78 is 69.5. The van der Waals surface area contributed by atoms with Gasteiger partial charge in [0.1, 0.15) is 11.6 Å². The highest BCUT2D eigenvalue weighted by atomic mass is 32.2. The summed E-state index contributed by atoms with van der Waals surface area (Å²) in [5.41, 5.74) is -0.578. The molecule has 1 aliphatic heterocycles. The Morgan fingerprint density at radius 2 is 1.86 bits per heavy atom. The van der Waals surface area contributed by atoms with Crippen molar-refractivity contribution in [1.29, 1.82) is 0 Å². The predicted octanol–water partition coefficient (Wildman–Crippen LogP) is 4.96. The molecule has 37 heavy (non-hydrogen) atoms. The first-order chi connectivity index (χ1) is 17.4. The van der Waals surface area contributed by atoms with Crippen molar-refractivity contribution in [3.05, 3.63) is 65.7 Å². The first-order valence-corrected chi connectivity index (χ1v) is 13.0. The molecule has 0 radical (unpaired) electrons. The van der Waals surface area contributed by atoms with Crippen LogP contribution in [0.4, 0.5) is 24.8 Å². The van der Waals surface area contributed by atoms with Gasteiger partial charge < -0.3 is 10.0 Å². The molecule has 12 heteroatoms. The molecular formula is C25H25F3N4O4S. The number of aromatic nitrogens is 2. The third kappa shape index (κ3) is 6.19. The van der Waals surface area contributed by atoms with Crippen molar-refractivity contribution >= 4 is 27.6 Å². The highest BCUT2D eigenvalue weighted by Crippen LogP contribution is 2.38. The van der Waals surface area contributed by atoms with Gasteiger partial charge in [0.25, 0.3) is 10.0 Å². The van der Waals surface area contributed by atoms with E-state index in [4.69, 9.17) is 5.11 Å². The van der Waals surface area contributed by atoms with Gasteiger partial charge in [0.2, 0.25) is 0 Å². The van der Waals surface area contributed by atoms with E-state index < -0.39 is 27.7 Å². The van der Waals surface area contributed by atoms with E-state index in [2.05, 4.69) is 14.7 Å². The first-order valence-electron chi connectivity index (χ1n) is 11.5. The minimum absolute atomic E-state index is 0.0128. The number of rotatable bonds is 7. The fraction of sp³-hybridized carbons (Fsp3) is 0.320. The number of hydrogen-bond acceptors (Lipinski definition) is 6. The fourth-order valence-corrected chi connectivity index (χ4v) is 5.36. The number of carboxylic acid groups (broad SMARTS) is 1. The van der Waals surface area contributed by atoms with Gasteiger partial charge in [-0.05, 0) is 55.5 Å². The van der Waals surface area contributed by atoms with Gasteiger partial charge in [-0.15, -0.1) is 0 Å². The number of aliphatic carboxylic acids is 1. The number of benzene rings is 1. The standard InChI is InChI=1S/C25H25F3N4O4S/c1-16-6-2-3-8-18(16)24-19(25(26,27)28)11-12-20(29-24)31-37(35,36)22-10-4-9-21(30-22)32-13-5-7-17(15-32)14-23(33)34/h2-4,6,8-12,17H,5,7,13-15H2,1H3,(H,29,31)(H,33,34)/t17-/m1/s1. The van der Waals surface area contributed by atoms with Crippen LogP contribution in [0.2, 0.25) is 0 Å². The fourth-order valence-electron chi connectivity index (χ4n) is 4.40. The van der Waals surface area contributed by atoms with Crippen molar-refractivity contribution in [2.24, 2.45) is 5.92 Å². The van der Waals surface area contributed by atoms with Crippen molar-refractivity contribution in [2.45, 2.75) is 37.4 Å². The molecule has 0 amide bonds. The van der Waals surface area contributed by atoms with Crippen molar-refractivity contribution in [2.75, 3.05) is 22.7 Å². The summed E-state index contributed by atoms with van der Waals surface area (Å²) in [6.45, 7) is 2.67. The Kier molecular flexibility index (Phi) is 7.39. The molecule has 1 saturated heterocycles. The lowest BCUT2D eigenvalue weighted by Crippen LogP contribution is -2.37. The SMILES string of the molecule is Cc1ccccc1-c1nc(NS(=O)(=O)c2cccc(N3CCC[C@H](CC(=O)O)C3)n2)ccc1C(F)(F)F. The molecule has 0 unspecified atom stereocenters. The summed E-state index contributed by atoms with van der Waals surface area (Å²) in [7, 11) is -4.29. The van der Waals surface area contributed by atoms with Gasteiger partial charge in [-0.2, -0.15) is 21.6 Å². The Balaban J connectivity index is 1.63. The van der Waals surface area contributed by atoms with Crippen LogP contribution in [0, 0.1) is 12.8 Å². The van der Waals surface area contributed by atoms with Crippen LogP contribution in [0.3, 0.4) is 0 Å². The van der Waals surface area contributed by atoms with Gasteiger partial charge >= 0.3 is 12.1 Å². The summed E-state index contributed by atoms with van der Waals surface area (Å²) in [4.78, 5) is 21.2. The Morgan fingerprint density at radius 1 is 1.11 bits per heavy atom. The van der Waals surface area contributed by atoms with Gasteiger partial charge in [0.05, 0.1) is 11.3 Å². The molecule has 3 heterocycles. The van der Waals surface area contributed by atoms with E-state index in [1.807, 2.05) is 4.90 Å². The second-order valence-electron chi connectivity index (χ2n) is 8.90. The number of alkyl halides is 3. The maximum Gasteiger partial charge on any atom is 0.418 e. The number of halogens is 3. The Labute approximate surface area is 212 Å². The van der Waals surface area contributed by atoms with Gasteiger partial charge in [-0.1, -0.05) is 30.3 Å². The van der Waals surface area contributed by atoms with Crippen LogP contribution in [-0.4, -0.2) is 42.6 Å². The molecule has 0 aliphatic carbocycles. The van der Waals surface area contributed by atoms with Gasteiger partial charge in [-0.3, -0.25) is 9.52 Å². The molecule has 2 N–H and O–H groups in total. The summed E-state index contributed by atoms with van der Waals surface area (Å²) in [6.07, 6.45) is -3.18. The van der Waals surface area contributed by atoms with Crippen molar-refractivity contribution in [3.63, 3.8) is 0 Å². The predicted molar refractivity (Wildman–Crippen MR) is 132 cm³/mol. The molecular weight excluding hydrogens is 509 g/mol.